The lowest BCUT2D eigenvalue weighted by atomic mass is 10.1. The second-order valence-electron chi connectivity index (χ2n) is 6.32. The molecule has 0 aliphatic heterocycles. The lowest BCUT2D eigenvalue weighted by molar-refractivity contribution is 0.0479. The number of esters is 1. The molecule has 0 saturated heterocycles. The first-order chi connectivity index (χ1) is 13.0. The molecule has 0 fully saturated rings. The van der Waals surface area contributed by atoms with Gasteiger partial charge in [0.1, 0.15) is 22.4 Å². The van der Waals surface area contributed by atoms with Crippen LogP contribution in [0.4, 0.5) is 5.69 Å². The topological polar surface area (TPSA) is 93.4 Å². The van der Waals surface area contributed by atoms with Crippen molar-refractivity contribution in [3.8, 4) is 6.07 Å². The van der Waals surface area contributed by atoms with Gasteiger partial charge in [0.25, 0.3) is 0 Å². The van der Waals surface area contributed by atoms with Crippen LogP contribution in [0.15, 0.2) is 36.7 Å². The third-order valence-electron chi connectivity index (χ3n) is 4.44. The van der Waals surface area contributed by atoms with Crippen molar-refractivity contribution in [1.29, 1.82) is 5.26 Å². The fourth-order valence-electron chi connectivity index (χ4n) is 3.25. The molecule has 0 bridgehead atoms. The van der Waals surface area contributed by atoms with Gasteiger partial charge in [0.2, 0.25) is 0 Å². The minimum Gasteiger partial charge on any atom is -0.456 e. The average molecular weight is 376 g/mol. The van der Waals surface area contributed by atoms with Crippen molar-refractivity contribution in [2.75, 3.05) is 5.73 Å². The number of anilines is 1. The van der Waals surface area contributed by atoms with Gasteiger partial charge < -0.3 is 14.9 Å². The van der Waals surface area contributed by atoms with Gasteiger partial charge in [-0.25, -0.2) is 9.78 Å². The molecule has 27 heavy (non-hydrogen) atoms. The average Bonchev–Trinajstić information content (AvgIpc) is 3.16. The smallest absolute Gasteiger partial charge is 0.350 e. The summed E-state index contributed by atoms with van der Waals surface area (Å²) < 4.78 is 7.30. The van der Waals surface area contributed by atoms with E-state index in [0.717, 1.165) is 27.0 Å². The molecular weight excluding hydrogens is 360 g/mol. The normalized spacial score (nSPS) is 11.0. The Morgan fingerprint density at radius 3 is 3.00 bits per heavy atom. The van der Waals surface area contributed by atoms with E-state index in [1.807, 2.05) is 48.7 Å². The van der Waals surface area contributed by atoms with E-state index >= 15 is 0 Å². The number of pyridine rings is 2. The van der Waals surface area contributed by atoms with Crippen molar-refractivity contribution in [1.82, 2.24) is 9.38 Å². The maximum Gasteiger partial charge on any atom is 0.350 e. The first-order valence-corrected chi connectivity index (χ1v) is 9.13. The van der Waals surface area contributed by atoms with Crippen LogP contribution in [0, 0.1) is 25.2 Å². The van der Waals surface area contributed by atoms with Gasteiger partial charge in [0.05, 0.1) is 16.8 Å². The standard InChI is InChI=1S/C20H16N4O2S/c1-11-7-12(2)23-19-16(11)17(22)18(27-19)20(25)26-10-13-9-24-6-4-3-5-15(24)14(13)8-21/h3-7,9H,10,22H2,1-2H3. The first kappa shape index (κ1) is 17.1. The molecule has 0 spiro atoms. The summed E-state index contributed by atoms with van der Waals surface area (Å²) in [6, 6.07) is 9.71. The Balaban J connectivity index is 1.64. The van der Waals surface area contributed by atoms with E-state index in [-0.39, 0.29) is 6.61 Å². The van der Waals surface area contributed by atoms with Gasteiger partial charge in [0.15, 0.2) is 0 Å². The SMILES string of the molecule is Cc1cc(C)c2c(N)c(C(=O)OCc3cn4ccccc4c3C#N)sc2n1. The third kappa shape index (κ3) is 2.80. The highest BCUT2D eigenvalue weighted by atomic mass is 32.1. The number of nitrogens with zero attached hydrogens (tertiary/aromatic N) is 3. The number of aromatic nitrogens is 2. The maximum atomic E-state index is 12.6. The van der Waals surface area contributed by atoms with Gasteiger partial charge in [0, 0.05) is 29.0 Å². The molecule has 2 N–H and O–H groups in total. The second-order valence-corrected chi connectivity index (χ2v) is 7.32. The van der Waals surface area contributed by atoms with E-state index in [1.54, 1.807) is 6.20 Å². The van der Waals surface area contributed by atoms with Crippen LogP contribution in [0.25, 0.3) is 15.7 Å². The van der Waals surface area contributed by atoms with Crippen LogP contribution in [-0.2, 0) is 11.3 Å². The Morgan fingerprint density at radius 2 is 2.22 bits per heavy atom. The summed E-state index contributed by atoms with van der Waals surface area (Å²) in [5, 5.41) is 10.2. The number of carbonyl (C=O) groups excluding carboxylic acids is 1. The summed E-state index contributed by atoms with van der Waals surface area (Å²) in [5.41, 5.74) is 10.4. The van der Waals surface area contributed by atoms with Crippen LogP contribution < -0.4 is 5.73 Å². The molecule has 0 aliphatic rings. The van der Waals surface area contributed by atoms with Crippen LogP contribution in [0.2, 0.25) is 0 Å². The minimum atomic E-state index is -0.508. The third-order valence-corrected chi connectivity index (χ3v) is 5.52. The van der Waals surface area contributed by atoms with E-state index < -0.39 is 5.97 Å². The molecule has 7 heteroatoms. The Kier molecular flexibility index (Phi) is 4.05. The molecule has 4 rings (SSSR count). The maximum absolute atomic E-state index is 12.6. The summed E-state index contributed by atoms with van der Waals surface area (Å²) >= 11 is 1.23. The van der Waals surface area contributed by atoms with Crippen LogP contribution in [0.5, 0.6) is 0 Å². The van der Waals surface area contributed by atoms with Gasteiger partial charge in [-0.3, -0.25) is 0 Å². The first-order valence-electron chi connectivity index (χ1n) is 8.31. The second kappa shape index (κ2) is 6.41. The molecule has 0 aliphatic carbocycles. The molecule has 0 aromatic carbocycles. The molecule has 134 valence electrons. The molecule has 0 saturated carbocycles. The molecular formula is C20H16N4O2S. The summed E-state index contributed by atoms with van der Waals surface area (Å²) in [6.07, 6.45) is 3.65. The summed E-state index contributed by atoms with van der Waals surface area (Å²) in [6.45, 7) is 3.85. The fourth-order valence-corrected chi connectivity index (χ4v) is 4.36. The van der Waals surface area contributed by atoms with Gasteiger partial charge in [-0.1, -0.05) is 6.07 Å². The van der Waals surface area contributed by atoms with Crippen molar-refractivity contribution < 1.29 is 9.53 Å². The van der Waals surface area contributed by atoms with Crippen LogP contribution >= 0.6 is 11.3 Å². The highest BCUT2D eigenvalue weighted by Gasteiger charge is 2.21. The number of hydrogen-bond donors (Lipinski definition) is 1. The van der Waals surface area contributed by atoms with E-state index in [1.165, 1.54) is 11.3 Å². The Bertz CT molecular complexity index is 1250. The monoisotopic (exact) mass is 376 g/mol. The zero-order chi connectivity index (χ0) is 19.1. The number of carbonyl (C=O) groups is 1. The quantitative estimate of drug-likeness (QED) is 0.546. The molecule has 0 atom stereocenters. The predicted molar refractivity (Wildman–Crippen MR) is 105 cm³/mol. The molecule has 6 nitrogen and oxygen atoms in total. The number of rotatable bonds is 3. The lowest BCUT2D eigenvalue weighted by Crippen LogP contribution is -2.06. The van der Waals surface area contributed by atoms with Gasteiger partial charge in [-0.15, -0.1) is 11.3 Å². The molecule has 4 heterocycles. The highest BCUT2D eigenvalue weighted by Crippen LogP contribution is 2.35. The molecule has 0 radical (unpaired) electrons. The number of thiophene rings is 1. The van der Waals surface area contributed by atoms with Crippen molar-refractivity contribution in [2.45, 2.75) is 20.5 Å². The number of nitrogen functional groups attached to an aromatic ring is 1. The molecule has 4 aromatic rings. The van der Waals surface area contributed by atoms with Crippen LogP contribution in [-0.4, -0.2) is 15.4 Å². The minimum absolute atomic E-state index is 0.00251. The highest BCUT2D eigenvalue weighted by molar-refractivity contribution is 7.21. The predicted octanol–water partition coefficient (Wildman–Crippen LogP) is 3.98. The van der Waals surface area contributed by atoms with Gasteiger partial charge in [-0.05, 0) is 37.6 Å². The molecule has 4 aromatic heterocycles. The number of aryl methyl sites for hydroxylation is 2. The zero-order valence-electron chi connectivity index (χ0n) is 14.8. The molecule has 0 amide bonds. The number of ether oxygens (including phenoxy) is 1. The van der Waals surface area contributed by atoms with Gasteiger partial charge in [-0.2, -0.15) is 5.26 Å². The van der Waals surface area contributed by atoms with Crippen molar-refractivity contribution in [3.63, 3.8) is 0 Å². The zero-order valence-corrected chi connectivity index (χ0v) is 15.6. The lowest BCUT2D eigenvalue weighted by Gasteiger charge is -2.03. The van der Waals surface area contributed by atoms with Crippen molar-refractivity contribution in [3.05, 3.63) is 63.9 Å². The van der Waals surface area contributed by atoms with E-state index in [9.17, 15) is 10.1 Å². The Morgan fingerprint density at radius 1 is 1.41 bits per heavy atom. The number of nitriles is 1. The van der Waals surface area contributed by atoms with E-state index in [0.29, 0.717) is 21.7 Å². The van der Waals surface area contributed by atoms with E-state index in [2.05, 4.69) is 11.1 Å². The van der Waals surface area contributed by atoms with E-state index in [4.69, 9.17) is 10.5 Å². The summed E-state index contributed by atoms with van der Waals surface area (Å²) in [5.74, 6) is -0.508. The Labute approximate surface area is 159 Å². The van der Waals surface area contributed by atoms with Crippen molar-refractivity contribution in [2.24, 2.45) is 0 Å². The summed E-state index contributed by atoms with van der Waals surface area (Å²) in [7, 11) is 0. The van der Waals surface area contributed by atoms with Crippen LogP contribution in [0.1, 0.15) is 32.1 Å². The number of nitrogens with two attached hydrogens (primary N) is 1. The van der Waals surface area contributed by atoms with Crippen LogP contribution in [0.3, 0.4) is 0 Å². The van der Waals surface area contributed by atoms with Gasteiger partial charge >= 0.3 is 5.97 Å². The summed E-state index contributed by atoms with van der Waals surface area (Å²) in [4.78, 5) is 18.1. The largest absolute Gasteiger partial charge is 0.456 e. The number of hydrogen-bond acceptors (Lipinski definition) is 6. The number of fused-ring (bicyclic) bond motifs is 2. The fraction of sp³-hybridized carbons (Fsp3) is 0.150. The Hall–Kier alpha value is -3.37. The molecule has 0 unspecified atom stereocenters. The van der Waals surface area contributed by atoms with Crippen molar-refractivity contribution >= 4 is 38.7 Å².